The molecule has 0 aliphatic heterocycles. The van der Waals surface area contributed by atoms with E-state index in [0.29, 0.717) is 5.88 Å². The molecule has 0 N–H and O–H groups in total. The average molecular weight is 217 g/mol. The Kier molecular flexibility index (Phi) is 4.19. The lowest BCUT2D eigenvalue weighted by atomic mass is 10.2. The van der Waals surface area contributed by atoms with E-state index in [0.717, 1.165) is 17.7 Å². The third kappa shape index (κ3) is 3.33. The minimum absolute atomic E-state index is 0.284. The third-order valence-electron chi connectivity index (χ3n) is 1.56. The lowest BCUT2D eigenvalue weighted by Crippen LogP contribution is -1.89. The summed E-state index contributed by atoms with van der Waals surface area (Å²) in [6.07, 6.45) is 6.50. The van der Waals surface area contributed by atoms with Gasteiger partial charge in [-0.05, 0) is 24.9 Å². The molecule has 0 saturated carbocycles. The Morgan fingerprint density at radius 1 is 1.54 bits per heavy atom. The van der Waals surface area contributed by atoms with E-state index in [2.05, 4.69) is 9.97 Å². The van der Waals surface area contributed by atoms with Crippen molar-refractivity contribution in [2.75, 3.05) is 5.88 Å². The molecule has 1 heterocycles. The molecule has 0 bridgehead atoms. The molecule has 0 fully saturated rings. The minimum atomic E-state index is 0.284. The molecule has 70 valence electrons. The summed E-state index contributed by atoms with van der Waals surface area (Å²) in [4.78, 5) is 7.91. The Morgan fingerprint density at radius 3 is 2.92 bits per heavy atom. The Balaban J connectivity index is 2.77. The lowest BCUT2D eigenvalue weighted by Gasteiger charge is -1.97. The number of aryl methyl sites for hydroxylation is 1. The molecule has 0 amide bonds. The molecule has 1 rings (SSSR count). The minimum Gasteiger partial charge on any atom is -0.226 e. The molecular weight excluding hydrogens is 207 g/mol. The summed E-state index contributed by atoms with van der Waals surface area (Å²) in [5, 5.41) is 0.284. The van der Waals surface area contributed by atoms with Crippen molar-refractivity contribution in [2.24, 2.45) is 0 Å². The van der Waals surface area contributed by atoms with Gasteiger partial charge in [0.25, 0.3) is 0 Å². The van der Waals surface area contributed by atoms with Crippen LogP contribution in [0.5, 0.6) is 0 Å². The maximum absolute atomic E-state index is 5.61. The van der Waals surface area contributed by atoms with E-state index >= 15 is 0 Å². The zero-order chi connectivity index (χ0) is 9.68. The van der Waals surface area contributed by atoms with E-state index in [9.17, 15) is 0 Å². The van der Waals surface area contributed by atoms with Gasteiger partial charge in [-0.1, -0.05) is 12.2 Å². The van der Waals surface area contributed by atoms with Crippen LogP contribution < -0.4 is 0 Å². The van der Waals surface area contributed by atoms with Gasteiger partial charge in [0.05, 0.1) is 0 Å². The van der Waals surface area contributed by atoms with E-state index in [4.69, 9.17) is 23.2 Å². The van der Waals surface area contributed by atoms with Crippen LogP contribution in [0.1, 0.15) is 17.7 Å². The summed E-state index contributed by atoms with van der Waals surface area (Å²) in [5.74, 6) is 0.629. The van der Waals surface area contributed by atoms with Crippen LogP contribution in [0.25, 0.3) is 6.08 Å². The van der Waals surface area contributed by atoms with E-state index in [1.54, 1.807) is 6.20 Å². The average Bonchev–Trinajstić information content (AvgIpc) is 2.09. The molecule has 4 heteroatoms. The monoisotopic (exact) mass is 216 g/mol. The van der Waals surface area contributed by atoms with E-state index in [1.165, 1.54) is 0 Å². The van der Waals surface area contributed by atoms with Gasteiger partial charge >= 0.3 is 0 Å². The smallest absolute Gasteiger partial charge is 0.222 e. The molecular formula is C9H10Cl2N2. The quantitative estimate of drug-likeness (QED) is 0.574. The second-order valence-electron chi connectivity index (χ2n) is 2.56. The number of allylic oxidation sites excluding steroid dienone is 1. The van der Waals surface area contributed by atoms with E-state index in [-0.39, 0.29) is 5.28 Å². The normalized spacial score (nSPS) is 11.0. The third-order valence-corrected chi connectivity index (χ3v) is 1.96. The van der Waals surface area contributed by atoms with Crippen LogP contribution in [-0.2, 0) is 0 Å². The fraction of sp³-hybridized carbons (Fsp3) is 0.333. The standard InChI is InChI=1S/C9H10Cl2N2/c1-7-8(4-2-3-5-10)6-12-9(11)13-7/h2,4,6H,3,5H2,1H3. The first-order valence-corrected chi connectivity index (χ1v) is 4.87. The zero-order valence-electron chi connectivity index (χ0n) is 7.30. The highest BCUT2D eigenvalue weighted by Crippen LogP contribution is 2.09. The van der Waals surface area contributed by atoms with E-state index < -0.39 is 0 Å². The first kappa shape index (κ1) is 10.5. The maximum Gasteiger partial charge on any atom is 0.222 e. The van der Waals surface area contributed by atoms with Crippen LogP contribution in [0.3, 0.4) is 0 Å². The van der Waals surface area contributed by atoms with Crippen LogP contribution in [-0.4, -0.2) is 15.8 Å². The number of rotatable bonds is 3. The molecule has 13 heavy (non-hydrogen) atoms. The van der Waals surface area contributed by atoms with Crippen molar-refractivity contribution in [3.05, 3.63) is 28.8 Å². The lowest BCUT2D eigenvalue weighted by molar-refractivity contribution is 1.09. The Labute approximate surface area is 87.6 Å². The van der Waals surface area contributed by atoms with Gasteiger partial charge in [0.1, 0.15) is 0 Å². The van der Waals surface area contributed by atoms with Crippen molar-refractivity contribution in [3.63, 3.8) is 0 Å². The van der Waals surface area contributed by atoms with Crippen LogP contribution in [0.4, 0.5) is 0 Å². The van der Waals surface area contributed by atoms with Gasteiger partial charge in [0, 0.05) is 23.3 Å². The fourth-order valence-corrected chi connectivity index (χ4v) is 1.19. The summed E-state index contributed by atoms with van der Waals surface area (Å²) in [6.45, 7) is 1.90. The van der Waals surface area contributed by atoms with E-state index in [1.807, 2.05) is 19.1 Å². The summed E-state index contributed by atoms with van der Waals surface area (Å²) in [7, 11) is 0. The van der Waals surface area contributed by atoms with Crippen LogP contribution >= 0.6 is 23.2 Å². The van der Waals surface area contributed by atoms with Crippen LogP contribution in [0, 0.1) is 6.92 Å². The molecule has 0 saturated heterocycles. The Morgan fingerprint density at radius 2 is 2.31 bits per heavy atom. The maximum atomic E-state index is 5.61. The highest BCUT2D eigenvalue weighted by atomic mass is 35.5. The topological polar surface area (TPSA) is 25.8 Å². The Hall–Kier alpha value is -0.600. The van der Waals surface area contributed by atoms with Gasteiger partial charge in [-0.25, -0.2) is 9.97 Å². The highest BCUT2D eigenvalue weighted by Gasteiger charge is 1.96. The number of nitrogens with zero attached hydrogens (tertiary/aromatic N) is 2. The van der Waals surface area contributed by atoms with Gasteiger partial charge in [-0.2, -0.15) is 0 Å². The van der Waals surface area contributed by atoms with Gasteiger partial charge in [-0.3, -0.25) is 0 Å². The number of hydrogen-bond acceptors (Lipinski definition) is 2. The molecule has 1 aromatic heterocycles. The SMILES string of the molecule is Cc1nc(Cl)ncc1C=CCCCl. The highest BCUT2D eigenvalue weighted by molar-refractivity contribution is 6.28. The van der Waals surface area contributed by atoms with Gasteiger partial charge < -0.3 is 0 Å². The predicted octanol–water partition coefficient (Wildman–Crippen LogP) is 3.08. The zero-order valence-corrected chi connectivity index (χ0v) is 8.81. The summed E-state index contributed by atoms with van der Waals surface area (Å²) >= 11 is 11.1. The molecule has 2 nitrogen and oxygen atoms in total. The van der Waals surface area contributed by atoms with Crippen molar-refractivity contribution in [1.29, 1.82) is 0 Å². The van der Waals surface area contributed by atoms with Crippen molar-refractivity contribution < 1.29 is 0 Å². The Bertz CT molecular complexity index is 310. The summed E-state index contributed by atoms with van der Waals surface area (Å²) < 4.78 is 0. The molecule has 0 aliphatic rings. The molecule has 1 aromatic rings. The number of hydrogen-bond donors (Lipinski definition) is 0. The first-order chi connectivity index (χ1) is 6.24. The largest absolute Gasteiger partial charge is 0.226 e. The number of alkyl halides is 1. The van der Waals surface area contributed by atoms with Gasteiger partial charge in [-0.15, -0.1) is 11.6 Å². The van der Waals surface area contributed by atoms with Crippen molar-refractivity contribution >= 4 is 29.3 Å². The molecule has 0 radical (unpaired) electrons. The predicted molar refractivity (Wildman–Crippen MR) is 56.2 cm³/mol. The van der Waals surface area contributed by atoms with Gasteiger partial charge in [0.15, 0.2) is 0 Å². The number of halogens is 2. The van der Waals surface area contributed by atoms with Crippen LogP contribution in [0.2, 0.25) is 5.28 Å². The second kappa shape index (κ2) is 5.20. The summed E-state index contributed by atoms with van der Waals surface area (Å²) in [5.41, 5.74) is 1.86. The van der Waals surface area contributed by atoms with Crippen molar-refractivity contribution in [1.82, 2.24) is 9.97 Å². The summed E-state index contributed by atoms with van der Waals surface area (Å²) in [6, 6.07) is 0. The van der Waals surface area contributed by atoms with Gasteiger partial charge in [0.2, 0.25) is 5.28 Å². The molecule has 0 spiro atoms. The molecule has 0 unspecified atom stereocenters. The molecule has 0 atom stereocenters. The van der Waals surface area contributed by atoms with Crippen molar-refractivity contribution in [3.8, 4) is 0 Å². The van der Waals surface area contributed by atoms with Crippen molar-refractivity contribution in [2.45, 2.75) is 13.3 Å². The molecule has 0 aromatic carbocycles. The molecule has 0 aliphatic carbocycles. The second-order valence-corrected chi connectivity index (χ2v) is 3.28. The fourth-order valence-electron chi connectivity index (χ4n) is 0.885. The number of aromatic nitrogens is 2. The van der Waals surface area contributed by atoms with Crippen LogP contribution in [0.15, 0.2) is 12.3 Å². The first-order valence-electron chi connectivity index (χ1n) is 3.95.